The number of methoxy groups -OCH3 is 1. The first-order valence-electron chi connectivity index (χ1n) is 9.62. The Morgan fingerprint density at radius 2 is 1.93 bits per heavy atom. The van der Waals surface area contributed by atoms with Crippen LogP contribution in [0, 0.1) is 5.82 Å². The molecule has 2 aliphatic heterocycles. The second-order valence-corrected chi connectivity index (χ2v) is 7.75. The average Bonchev–Trinajstić information content (AvgIpc) is 3.15. The van der Waals surface area contributed by atoms with Crippen molar-refractivity contribution in [3.8, 4) is 5.75 Å². The third kappa shape index (κ3) is 3.58. The Morgan fingerprint density at radius 3 is 2.69 bits per heavy atom. The van der Waals surface area contributed by atoms with Gasteiger partial charge >= 0.3 is 0 Å². The zero-order chi connectivity index (χ0) is 20.6. The van der Waals surface area contributed by atoms with Crippen molar-refractivity contribution in [3.05, 3.63) is 59.9 Å². The SMILES string of the molecule is COc1cccc(C(=O)N2CCC3(C2)CN(c2cccc(F)c2)C(=O)CN3C)c1. The van der Waals surface area contributed by atoms with Crippen molar-refractivity contribution >= 4 is 17.5 Å². The van der Waals surface area contributed by atoms with Gasteiger partial charge in [0, 0.05) is 30.9 Å². The van der Waals surface area contributed by atoms with Crippen molar-refractivity contribution in [3.63, 3.8) is 0 Å². The molecule has 1 atom stereocenters. The topological polar surface area (TPSA) is 53.1 Å². The summed E-state index contributed by atoms with van der Waals surface area (Å²) < 4.78 is 18.9. The Kier molecular flexibility index (Phi) is 5.00. The summed E-state index contributed by atoms with van der Waals surface area (Å²) in [5.41, 5.74) is 0.785. The second kappa shape index (κ2) is 7.48. The number of rotatable bonds is 3. The summed E-state index contributed by atoms with van der Waals surface area (Å²) in [5, 5.41) is 0. The van der Waals surface area contributed by atoms with Gasteiger partial charge in [-0.3, -0.25) is 14.5 Å². The van der Waals surface area contributed by atoms with Crippen LogP contribution in [0.15, 0.2) is 48.5 Å². The molecule has 0 bridgehead atoms. The van der Waals surface area contributed by atoms with E-state index in [1.54, 1.807) is 48.4 Å². The minimum Gasteiger partial charge on any atom is -0.497 e. The monoisotopic (exact) mass is 397 g/mol. The molecule has 0 N–H and O–H groups in total. The maximum absolute atomic E-state index is 13.7. The van der Waals surface area contributed by atoms with Crippen molar-refractivity contribution in [2.45, 2.75) is 12.0 Å². The molecule has 6 nitrogen and oxygen atoms in total. The highest BCUT2D eigenvalue weighted by Gasteiger charge is 2.48. The smallest absolute Gasteiger partial charge is 0.254 e. The molecule has 29 heavy (non-hydrogen) atoms. The van der Waals surface area contributed by atoms with E-state index >= 15 is 0 Å². The Balaban J connectivity index is 1.56. The molecule has 2 fully saturated rings. The fourth-order valence-corrected chi connectivity index (χ4v) is 4.25. The van der Waals surface area contributed by atoms with Crippen LogP contribution in [-0.4, -0.2) is 67.5 Å². The van der Waals surface area contributed by atoms with E-state index in [0.29, 0.717) is 36.6 Å². The average molecular weight is 397 g/mol. The molecule has 152 valence electrons. The first kappa shape index (κ1) is 19.4. The lowest BCUT2D eigenvalue weighted by Crippen LogP contribution is -2.64. The van der Waals surface area contributed by atoms with Crippen LogP contribution in [-0.2, 0) is 4.79 Å². The van der Waals surface area contributed by atoms with Crippen LogP contribution in [0.4, 0.5) is 10.1 Å². The van der Waals surface area contributed by atoms with Crippen LogP contribution < -0.4 is 9.64 Å². The van der Waals surface area contributed by atoms with Crippen molar-refractivity contribution in [2.24, 2.45) is 0 Å². The molecule has 2 aliphatic rings. The Morgan fingerprint density at radius 1 is 1.14 bits per heavy atom. The third-order valence-corrected chi connectivity index (χ3v) is 5.99. The summed E-state index contributed by atoms with van der Waals surface area (Å²) in [6.07, 6.45) is 0.748. The highest BCUT2D eigenvalue weighted by molar-refractivity contribution is 5.97. The molecule has 2 aromatic carbocycles. The number of piperazine rings is 1. The first-order valence-corrected chi connectivity index (χ1v) is 9.62. The predicted octanol–water partition coefficient (Wildman–Crippen LogP) is 2.40. The largest absolute Gasteiger partial charge is 0.497 e. The quantitative estimate of drug-likeness (QED) is 0.798. The molecule has 0 aromatic heterocycles. The summed E-state index contributed by atoms with van der Waals surface area (Å²) in [4.78, 5) is 31.2. The third-order valence-electron chi connectivity index (χ3n) is 5.99. The lowest BCUT2D eigenvalue weighted by atomic mass is 9.92. The van der Waals surface area contributed by atoms with Gasteiger partial charge in [-0.05, 0) is 49.9 Å². The Bertz CT molecular complexity index is 950. The fraction of sp³-hybridized carbons (Fsp3) is 0.364. The Hall–Kier alpha value is -2.93. The van der Waals surface area contributed by atoms with Crippen LogP contribution >= 0.6 is 0 Å². The van der Waals surface area contributed by atoms with E-state index in [4.69, 9.17) is 4.74 Å². The standard InChI is InChI=1S/C22H24FN3O3/c1-24-13-20(27)26(18-7-4-6-17(23)12-18)15-22(24)9-10-25(14-22)21(28)16-5-3-8-19(11-16)29-2/h3-8,11-12H,9-10,13-15H2,1-2H3. The van der Waals surface area contributed by atoms with Gasteiger partial charge in [-0.15, -0.1) is 0 Å². The first-order chi connectivity index (χ1) is 13.9. The van der Waals surface area contributed by atoms with Crippen molar-refractivity contribution in [1.82, 2.24) is 9.80 Å². The number of amides is 2. The molecular formula is C22H24FN3O3. The van der Waals surface area contributed by atoms with Gasteiger partial charge in [0.1, 0.15) is 11.6 Å². The molecule has 7 heteroatoms. The van der Waals surface area contributed by atoms with E-state index in [1.165, 1.54) is 12.1 Å². The number of ether oxygens (including phenoxy) is 1. The number of halogens is 1. The summed E-state index contributed by atoms with van der Waals surface area (Å²) >= 11 is 0. The van der Waals surface area contributed by atoms with Crippen LogP contribution in [0.5, 0.6) is 5.75 Å². The minimum atomic E-state index is -0.371. The number of likely N-dealkylation sites (tertiary alicyclic amines) is 1. The number of nitrogens with zero attached hydrogens (tertiary/aromatic N) is 3. The van der Waals surface area contributed by atoms with Crippen LogP contribution in [0.3, 0.4) is 0 Å². The van der Waals surface area contributed by atoms with E-state index in [0.717, 1.165) is 6.42 Å². The lowest BCUT2D eigenvalue weighted by molar-refractivity contribution is -0.123. The molecule has 2 aromatic rings. The maximum atomic E-state index is 13.7. The van der Waals surface area contributed by atoms with Crippen molar-refractivity contribution < 1.29 is 18.7 Å². The number of anilines is 1. The van der Waals surface area contributed by atoms with Gasteiger partial charge in [0.25, 0.3) is 5.91 Å². The molecule has 4 rings (SSSR count). The van der Waals surface area contributed by atoms with Gasteiger partial charge in [-0.25, -0.2) is 4.39 Å². The molecule has 0 aliphatic carbocycles. The van der Waals surface area contributed by atoms with Gasteiger partial charge in [-0.2, -0.15) is 0 Å². The second-order valence-electron chi connectivity index (χ2n) is 7.75. The predicted molar refractivity (Wildman–Crippen MR) is 108 cm³/mol. The molecule has 2 heterocycles. The van der Waals surface area contributed by atoms with Gasteiger partial charge in [0.15, 0.2) is 0 Å². The Labute approximate surface area is 169 Å². The lowest BCUT2D eigenvalue weighted by Gasteiger charge is -2.46. The van der Waals surface area contributed by atoms with Crippen molar-refractivity contribution in [1.29, 1.82) is 0 Å². The zero-order valence-corrected chi connectivity index (χ0v) is 16.6. The number of likely N-dealkylation sites (N-methyl/N-ethyl adjacent to an activating group) is 1. The van der Waals surface area contributed by atoms with Crippen LogP contribution in [0.1, 0.15) is 16.8 Å². The molecule has 1 spiro atoms. The number of benzene rings is 2. The minimum absolute atomic E-state index is 0.0524. The number of hydrogen-bond acceptors (Lipinski definition) is 4. The molecule has 1 unspecified atom stereocenters. The molecule has 2 saturated heterocycles. The molecule has 2 amide bonds. The molecular weight excluding hydrogens is 373 g/mol. The van der Waals surface area contributed by atoms with E-state index in [-0.39, 0.29) is 29.7 Å². The van der Waals surface area contributed by atoms with Crippen molar-refractivity contribution in [2.75, 3.05) is 45.2 Å². The van der Waals surface area contributed by atoms with Crippen LogP contribution in [0.2, 0.25) is 0 Å². The maximum Gasteiger partial charge on any atom is 0.254 e. The number of carbonyl (C=O) groups excluding carboxylic acids is 2. The zero-order valence-electron chi connectivity index (χ0n) is 16.6. The van der Waals surface area contributed by atoms with E-state index in [9.17, 15) is 14.0 Å². The summed E-state index contributed by atoms with van der Waals surface area (Å²) in [7, 11) is 3.49. The highest BCUT2D eigenvalue weighted by Crippen LogP contribution is 2.34. The van der Waals surface area contributed by atoms with E-state index in [1.807, 2.05) is 16.8 Å². The summed E-state index contributed by atoms with van der Waals surface area (Å²) in [6, 6.07) is 13.2. The highest BCUT2D eigenvalue weighted by atomic mass is 19.1. The normalized spacial score (nSPS) is 22.4. The van der Waals surface area contributed by atoms with Gasteiger partial charge < -0.3 is 14.5 Å². The molecule has 0 saturated carbocycles. The number of carbonyl (C=O) groups is 2. The van der Waals surface area contributed by atoms with Gasteiger partial charge in [-0.1, -0.05) is 12.1 Å². The van der Waals surface area contributed by atoms with E-state index < -0.39 is 0 Å². The van der Waals surface area contributed by atoms with Gasteiger partial charge in [0.2, 0.25) is 5.91 Å². The molecule has 0 radical (unpaired) electrons. The summed E-state index contributed by atoms with van der Waals surface area (Å²) in [6.45, 7) is 1.77. The van der Waals surface area contributed by atoms with E-state index in [2.05, 4.69) is 0 Å². The fourth-order valence-electron chi connectivity index (χ4n) is 4.25. The van der Waals surface area contributed by atoms with Gasteiger partial charge in [0.05, 0.1) is 19.2 Å². The number of hydrogen-bond donors (Lipinski definition) is 0. The summed E-state index contributed by atoms with van der Waals surface area (Å²) in [5.74, 6) is 0.150. The van der Waals surface area contributed by atoms with Crippen LogP contribution in [0.25, 0.3) is 0 Å².